The van der Waals surface area contributed by atoms with E-state index in [0.717, 1.165) is 37.2 Å². The second-order valence-corrected chi connectivity index (χ2v) is 11.5. The monoisotopic (exact) mass is 582 g/mol. The number of carbonyl (C=O) groups is 4. The number of fused-ring (bicyclic) bond motifs is 1. The van der Waals surface area contributed by atoms with Crippen molar-refractivity contribution in [1.29, 1.82) is 0 Å². The van der Waals surface area contributed by atoms with Gasteiger partial charge >= 0.3 is 11.9 Å². The molecule has 0 saturated carbocycles. The van der Waals surface area contributed by atoms with Crippen LogP contribution in [0, 0.1) is 5.41 Å². The zero-order valence-corrected chi connectivity index (χ0v) is 25.1. The quantitative estimate of drug-likeness (QED) is 0.108. The zero-order chi connectivity index (χ0) is 31.0. The van der Waals surface area contributed by atoms with Crippen LogP contribution in [0.1, 0.15) is 87.7 Å². The van der Waals surface area contributed by atoms with Gasteiger partial charge in [0.1, 0.15) is 0 Å². The molecule has 4 rings (SSSR count). The molecule has 1 N–H and O–H groups in total. The summed E-state index contributed by atoms with van der Waals surface area (Å²) in [4.78, 5) is 58.5. The summed E-state index contributed by atoms with van der Waals surface area (Å²) in [6.45, 7) is 7.19. The van der Waals surface area contributed by atoms with E-state index in [1.165, 1.54) is 0 Å². The van der Waals surface area contributed by atoms with Crippen LogP contribution in [0.4, 0.5) is 11.4 Å². The number of carbonyl (C=O) groups excluding carboxylic acids is 4. The second kappa shape index (κ2) is 14.0. The van der Waals surface area contributed by atoms with Crippen LogP contribution >= 0.6 is 0 Å². The van der Waals surface area contributed by atoms with Crippen LogP contribution in [0.25, 0.3) is 11.3 Å². The molecule has 1 heterocycles. The van der Waals surface area contributed by atoms with Crippen LogP contribution in [-0.4, -0.2) is 23.8 Å². The summed E-state index contributed by atoms with van der Waals surface area (Å²) in [5.74, 6) is -2.06. The lowest BCUT2D eigenvalue weighted by Gasteiger charge is -2.22. The fraction of sp³-hybridized carbons (Fsp3) is 0.314. The third kappa shape index (κ3) is 7.77. The highest BCUT2D eigenvalue weighted by Gasteiger charge is 2.41. The second-order valence-electron chi connectivity index (χ2n) is 11.5. The zero-order valence-electron chi connectivity index (χ0n) is 25.1. The van der Waals surface area contributed by atoms with Crippen LogP contribution in [0.15, 0.2) is 78.9 Å². The largest absolute Gasteiger partial charge is 0.421 e. The molecule has 0 fully saturated rings. The van der Waals surface area contributed by atoms with Gasteiger partial charge in [-0.1, -0.05) is 81.1 Å². The number of anilines is 2. The molecule has 0 saturated heterocycles. The van der Waals surface area contributed by atoms with Crippen molar-refractivity contribution in [2.75, 3.05) is 10.4 Å². The Bertz CT molecular complexity index is 1510. The fourth-order valence-electron chi connectivity index (χ4n) is 4.53. The van der Waals surface area contributed by atoms with Crippen LogP contribution in [0.2, 0.25) is 0 Å². The Balaban J connectivity index is 1.75. The maximum atomic E-state index is 14.0. The van der Waals surface area contributed by atoms with Crippen LogP contribution in [0.5, 0.6) is 0 Å². The number of hydrogen-bond donors (Lipinski definition) is 1. The van der Waals surface area contributed by atoms with Gasteiger partial charge in [-0.15, -0.1) is 5.06 Å². The summed E-state index contributed by atoms with van der Waals surface area (Å²) in [5, 5.41) is 3.81. The van der Waals surface area contributed by atoms with Gasteiger partial charge in [0.2, 0.25) is 5.91 Å². The summed E-state index contributed by atoms with van der Waals surface area (Å²) < 4.78 is 5.90. The van der Waals surface area contributed by atoms with Crippen molar-refractivity contribution in [3.63, 3.8) is 0 Å². The average molecular weight is 583 g/mol. The minimum atomic E-state index is -0.904. The lowest BCUT2D eigenvalue weighted by Crippen LogP contribution is -2.35. The highest BCUT2D eigenvalue weighted by molar-refractivity contribution is 6.37. The summed E-state index contributed by atoms with van der Waals surface area (Å²) in [7, 11) is 0. The molecule has 0 unspecified atom stereocenters. The summed E-state index contributed by atoms with van der Waals surface area (Å²) >= 11 is 0. The van der Waals surface area contributed by atoms with Crippen molar-refractivity contribution < 1.29 is 28.8 Å². The van der Waals surface area contributed by atoms with E-state index >= 15 is 0 Å². The number of hydroxylamine groups is 1. The number of amides is 2. The molecule has 43 heavy (non-hydrogen) atoms. The van der Waals surface area contributed by atoms with Crippen LogP contribution < -0.4 is 10.4 Å². The van der Waals surface area contributed by atoms with E-state index in [1.54, 1.807) is 93.6 Å². The van der Waals surface area contributed by atoms with Gasteiger partial charge in [0.25, 0.3) is 5.91 Å². The summed E-state index contributed by atoms with van der Waals surface area (Å²) in [5.41, 5.74) is 1.05. The molecule has 224 valence electrons. The molecule has 2 amide bonds. The van der Waals surface area contributed by atoms with E-state index in [4.69, 9.17) is 9.57 Å². The molecule has 3 aromatic carbocycles. The van der Waals surface area contributed by atoms with E-state index in [1.807, 2.05) is 6.07 Å². The summed E-state index contributed by atoms with van der Waals surface area (Å²) in [6, 6.07) is 22.2. The first-order valence-electron chi connectivity index (χ1n) is 14.7. The van der Waals surface area contributed by atoms with Crippen LogP contribution in [0.3, 0.4) is 0 Å². The first kappa shape index (κ1) is 31.2. The lowest BCUT2D eigenvalue weighted by atomic mass is 9.98. The van der Waals surface area contributed by atoms with Gasteiger partial charge in [0, 0.05) is 23.2 Å². The Kier molecular flexibility index (Phi) is 10.1. The number of esters is 1. The molecule has 0 bridgehead atoms. The molecule has 8 heteroatoms. The van der Waals surface area contributed by atoms with E-state index < -0.39 is 23.3 Å². The van der Waals surface area contributed by atoms with Gasteiger partial charge in [-0.05, 0) is 57.5 Å². The predicted molar refractivity (Wildman–Crippen MR) is 167 cm³/mol. The molecule has 0 aliphatic carbocycles. The smallest absolute Gasteiger partial charge is 0.343 e. The van der Waals surface area contributed by atoms with Crippen molar-refractivity contribution in [3.05, 3.63) is 95.6 Å². The molecule has 0 aromatic heterocycles. The molecular formula is C35H38N2O6. The number of unbranched alkanes of at least 4 members (excludes halogenated alkanes) is 4. The first-order valence-corrected chi connectivity index (χ1v) is 14.7. The Hall–Kier alpha value is -4.72. The van der Waals surface area contributed by atoms with Gasteiger partial charge in [0.15, 0.2) is 5.76 Å². The van der Waals surface area contributed by atoms with Crippen LogP contribution in [-0.2, 0) is 24.0 Å². The third-order valence-electron chi connectivity index (χ3n) is 6.93. The fourth-order valence-corrected chi connectivity index (χ4v) is 4.53. The number of nitrogens with one attached hydrogen (secondary N) is 1. The van der Waals surface area contributed by atoms with Gasteiger partial charge in [-0.25, -0.2) is 9.59 Å². The number of ether oxygens (including phenoxy) is 1. The van der Waals surface area contributed by atoms with E-state index in [2.05, 4.69) is 12.2 Å². The van der Waals surface area contributed by atoms with E-state index in [0.29, 0.717) is 28.8 Å². The maximum Gasteiger partial charge on any atom is 0.343 e. The minimum Gasteiger partial charge on any atom is -0.421 e. The standard InChI is InChI=1S/C35H38N2O6/c1-5-6-7-8-15-20-29(38)36-26-21-22-27-28(23-26)37(43-34(41)35(2,3)4)32(39)30(27)31(24-16-11-9-12-17-24)42-33(40)25-18-13-10-14-19-25/h9-14,16-19,21-23H,5-8,15,20H2,1-4H3,(H,36,38)/b31-30-. The molecule has 0 radical (unpaired) electrons. The summed E-state index contributed by atoms with van der Waals surface area (Å²) in [6.07, 6.45) is 5.50. The molecule has 1 aliphatic rings. The number of rotatable bonds is 11. The Morgan fingerprint density at radius 1 is 0.814 bits per heavy atom. The Morgan fingerprint density at radius 2 is 1.44 bits per heavy atom. The van der Waals surface area contributed by atoms with Crippen molar-refractivity contribution in [3.8, 4) is 0 Å². The number of hydrogen-bond acceptors (Lipinski definition) is 6. The maximum absolute atomic E-state index is 14.0. The molecule has 0 spiro atoms. The van der Waals surface area contributed by atoms with Gasteiger partial charge in [-0.3, -0.25) is 9.59 Å². The van der Waals surface area contributed by atoms with Crippen molar-refractivity contribution in [2.45, 2.75) is 66.2 Å². The predicted octanol–water partition coefficient (Wildman–Crippen LogP) is 7.56. The van der Waals surface area contributed by atoms with Crippen molar-refractivity contribution in [1.82, 2.24) is 0 Å². The molecule has 1 aliphatic heterocycles. The first-order chi connectivity index (χ1) is 20.6. The van der Waals surface area contributed by atoms with Crippen molar-refractivity contribution >= 4 is 46.5 Å². The Morgan fingerprint density at radius 3 is 2.07 bits per heavy atom. The molecule has 3 aromatic rings. The highest BCUT2D eigenvalue weighted by atomic mass is 16.7. The van der Waals surface area contributed by atoms with E-state index in [-0.39, 0.29) is 22.9 Å². The minimum absolute atomic E-state index is 0.0267. The molecule has 8 nitrogen and oxygen atoms in total. The number of nitrogens with zero attached hydrogens (tertiary/aromatic N) is 1. The van der Waals surface area contributed by atoms with Crippen molar-refractivity contribution in [2.24, 2.45) is 5.41 Å². The third-order valence-corrected chi connectivity index (χ3v) is 6.93. The Labute approximate surface area is 252 Å². The average Bonchev–Trinajstić information content (AvgIpc) is 3.26. The lowest BCUT2D eigenvalue weighted by molar-refractivity contribution is -0.157. The number of benzene rings is 3. The topological polar surface area (TPSA) is 102 Å². The SMILES string of the molecule is CCCCCCCC(=O)Nc1ccc2c(c1)N(OC(=O)C(C)(C)C)C(=O)/C2=C(\OC(=O)c1ccccc1)c1ccccc1. The normalized spacial score (nSPS) is 13.8. The molecule has 0 atom stereocenters. The molecular weight excluding hydrogens is 544 g/mol. The van der Waals surface area contributed by atoms with Gasteiger partial charge in [0.05, 0.1) is 22.2 Å². The van der Waals surface area contributed by atoms with Gasteiger partial charge in [-0.2, -0.15) is 0 Å². The highest BCUT2D eigenvalue weighted by Crippen LogP contribution is 2.43. The van der Waals surface area contributed by atoms with Gasteiger partial charge < -0.3 is 14.9 Å². The van der Waals surface area contributed by atoms with E-state index in [9.17, 15) is 19.2 Å².